The number of Topliss-reactive ketones (excluding diaryl/α,β-unsaturated/α-hetero) is 1. The van der Waals surface area contributed by atoms with Crippen molar-refractivity contribution in [2.45, 2.75) is 19.4 Å². The number of amides is 1. The Morgan fingerprint density at radius 2 is 1.42 bits per heavy atom. The molecule has 0 spiro atoms. The van der Waals surface area contributed by atoms with Gasteiger partial charge in [0.2, 0.25) is 0 Å². The minimum absolute atomic E-state index is 0.136. The maximum Gasteiger partial charge on any atom is 0.300 e. The maximum absolute atomic E-state index is 13.5. The highest BCUT2D eigenvalue weighted by atomic mass is 19.1. The third-order valence-corrected chi connectivity index (χ3v) is 5.37. The second-order valence-electron chi connectivity index (χ2n) is 7.25. The van der Waals surface area contributed by atoms with Gasteiger partial charge in [-0.1, -0.05) is 31.2 Å². The second-order valence-corrected chi connectivity index (χ2v) is 7.25. The minimum Gasteiger partial charge on any atom is -0.507 e. The minimum atomic E-state index is -0.960. The summed E-state index contributed by atoms with van der Waals surface area (Å²) >= 11 is 0. The molecule has 156 valence electrons. The van der Waals surface area contributed by atoms with Crippen LogP contribution in [0.3, 0.4) is 0 Å². The zero-order valence-corrected chi connectivity index (χ0v) is 16.7. The van der Waals surface area contributed by atoms with Crippen LogP contribution in [-0.4, -0.2) is 16.8 Å². The first-order valence-electron chi connectivity index (χ1n) is 9.82. The van der Waals surface area contributed by atoms with Crippen molar-refractivity contribution in [3.05, 3.63) is 107 Å². The predicted molar refractivity (Wildman–Crippen MR) is 113 cm³/mol. The molecule has 3 aromatic carbocycles. The summed E-state index contributed by atoms with van der Waals surface area (Å²) in [6.45, 7) is 2.00. The number of rotatable bonds is 4. The van der Waals surface area contributed by atoms with E-state index >= 15 is 0 Å². The molecule has 1 aliphatic rings. The zero-order chi connectivity index (χ0) is 22.1. The van der Waals surface area contributed by atoms with E-state index in [2.05, 4.69) is 0 Å². The molecule has 6 heteroatoms. The lowest BCUT2D eigenvalue weighted by atomic mass is 9.95. The van der Waals surface area contributed by atoms with E-state index in [-0.39, 0.29) is 11.1 Å². The van der Waals surface area contributed by atoms with Gasteiger partial charge in [-0.15, -0.1) is 0 Å². The molecule has 1 fully saturated rings. The second kappa shape index (κ2) is 8.14. The van der Waals surface area contributed by atoms with Crippen molar-refractivity contribution in [1.29, 1.82) is 0 Å². The summed E-state index contributed by atoms with van der Waals surface area (Å²) in [5.74, 6) is -3.05. The fourth-order valence-electron chi connectivity index (χ4n) is 3.71. The van der Waals surface area contributed by atoms with E-state index in [1.54, 1.807) is 12.1 Å². The fraction of sp³-hybridized carbons (Fsp3) is 0.120. The van der Waals surface area contributed by atoms with Gasteiger partial charge in [0, 0.05) is 11.3 Å². The summed E-state index contributed by atoms with van der Waals surface area (Å²) in [5.41, 5.74) is 2.07. The number of aliphatic hydroxyl groups is 1. The average Bonchev–Trinajstić information content (AvgIpc) is 3.05. The van der Waals surface area contributed by atoms with E-state index < -0.39 is 35.1 Å². The molecule has 1 unspecified atom stereocenters. The Morgan fingerprint density at radius 1 is 0.871 bits per heavy atom. The molecule has 31 heavy (non-hydrogen) atoms. The number of hydrogen-bond acceptors (Lipinski definition) is 3. The number of anilines is 1. The van der Waals surface area contributed by atoms with Crippen LogP contribution >= 0.6 is 0 Å². The highest BCUT2D eigenvalue weighted by Gasteiger charge is 2.46. The van der Waals surface area contributed by atoms with E-state index in [1.165, 1.54) is 41.3 Å². The monoisotopic (exact) mass is 419 g/mol. The van der Waals surface area contributed by atoms with Gasteiger partial charge in [0.25, 0.3) is 11.7 Å². The van der Waals surface area contributed by atoms with Crippen LogP contribution in [0.1, 0.15) is 29.7 Å². The van der Waals surface area contributed by atoms with Crippen molar-refractivity contribution in [3.8, 4) is 0 Å². The molecule has 1 N–H and O–H groups in total. The number of hydrogen-bond donors (Lipinski definition) is 1. The van der Waals surface area contributed by atoms with Crippen LogP contribution in [-0.2, 0) is 16.0 Å². The molecule has 0 aromatic heterocycles. The normalized spacial score (nSPS) is 17.9. The molecule has 4 nitrogen and oxygen atoms in total. The summed E-state index contributed by atoms with van der Waals surface area (Å²) in [5, 5.41) is 10.9. The lowest BCUT2D eigenvalue weighted by Crippen LogP contribution is -2.29. The van der Waals surface area contributed by atoms with Crippen molar-refractivity contribution < 1.29 is 23.5 Å². The van der Waals surface area contributed by atoms with E-state index in [0.29, 0.717) is 11.3 Å². The molecule has 1 saturated heterocycles. The molecule has 4 rings (SSSR count). The van der Waals surface area contributed by atoms with Gasteiger partial charge >= 0.3 is 0 Å². The highest BCUT2D eigenvalue weighted by Crippen LogP contribution is 2.42. The Kier molecular flexibility index (Phi) is 5.38. The Morgan fingerprint density at radius 3 is 1.97 bits per heavy atom. The Bertz CT molecular complexity index is 1170. The smallest absolute Gasteiger partial charge is 0.300 e. The van der Waals surface area contributed by atoms with Crippen LogP contribution in [0.25, 0.3) is 5.76 Å². The highest BCUT2D eigenvalue weighted by molar-refractivity contribution is 6.51. The first-order chi connectivity index (χ1) is 14.9. The zero-order valence-electron chi connectivity index (χ0n) is 16.7. The molecule has 1 heterocycles. The first-order valence-corrected chi connectivity index (χ1v) is 9.82. The van der Waals surface area contributed by atoms with E-state index in [4.69, 9.17) is 0 Å². The largest absolute Gasteiger partial charge is 0.507 e. The number of benzene rings is 3. The van der Waals surface area contributed by atoms with Crippen LogP contribution in [0, 0.1) is 11.6 Å². The molecule has 0 aliphatic carbocycles. The van der Waals surface area contributed by atoms with Crippen LogP contribution in [0.15, 0.2) is 78.4 Å². The third-order valence-electron chi connectivity index (χ3n) is 5.37. The van der Waals surface area contributed by atoms with Crippen molar-refractivity contribution in [3.63, 3.8) is 0 Å². The van der Waals surface area contributed by atoms with Gasteiger partial charge in [0.15, 0.2) is 0 Å². The van der Waals surface area contributed by atoms with E-state index in [0.717, 1.165) is 24.1 Å². The van der Waals surface area contributed by atoms with Crippen LogP contribution < -0.4 is 4.90 Å². The molecule has 0 radical (unpaired) electrons. The van der Waals surface area contributed by atoms with Gasteiger partial charge in [-0.2, -0.15) is 0 Å². The molecular formula is C25H19F2NO3. The number of carbonyl (C=O) groups is 2. The molecular weight excluding hydrogens is 400 g/mol. The number of carbonyl (C=O) groups excluding carboxylic acids is 2. The summed E-state index contributed by atoms with van der Waals surface area (Å²) in [6.07, 6.45) is 0.811. The Balaban J connectivity index is 1.91. The molecule has 0 saturated carbocycles. The molecule has 1 amide bonds. The summed E-state index contributed by atoms with van der Waals surface area (Å²) < 4.78 is 26.9. The fourth-order valence-corrected chi connectivity index (χ4v) is 3.71. The SMILES string of the molecule is CCc1ccc(N2C(=O)C(=O)/C(=C(/O)c3ccc(F)cc3)C2c2ccc(F)cc2)cc1. The van der Waals surface area contributed by atoms with Gasteiger partial charge in [-0.3, -0.25) is 14.5 Å². The first kappa shape index (κ1) is 20.5. The van der Waals surface area contributed by atoms with Crippen molar-refractivity contribution in [1.82, 2.24) is 0 Å². The molecule has 0 bridgehead atoms. The summed E-state index contributed by atoms with van der Waals surface area (Å²) in [4.78, 5) is 27.3. The Hall–Kier alpha value is -3.80. The number of nitrogens with zero attached hydrogens (tertiary/aromatic N) is 1. The molecule has 1 atom stereocenters. The Labute approximate surface area is 178 Å². The summed E-state index contributed by atoms with van der Waals surface area (Å²) in [7, 11) is 0. The average molecular weight is 419 g/mol. The van der Waals surface area contributed by atoms with Crippen LogP contribution in [0.2, 0.25) is 0 Å². The van der Waals surface area contributed by atoms with Gasteiger partial charge in [-0.05, 0) is 66.1 Å². The van der Waals surface area contributed by atoms with E-state index in [1.807, 2.05) is 19.1 Å². The standard InChI is InChI=1S/C25H19F2NO3/c1-2-15-3-13-20(14-4-15)28-22(16-5-9-18(26)10-6-16)21(24(30)25(28)31)23(29)17-7-11-19(27)12-8-17/h3-14,22,29H,2H2,1H3/b23-21+. The number of aliphatic hydroxyl groups excluding tert-OH is 1. The predicted octanol–water partition coefficient (Wildman–Crippen LogP) is 5.15. The maximum atomic E-state index is 13.5. The topological polar surface area (TPSA) is 57.6 Å². The van der Waals surface area contributed by atoms with Gasteiger partial charge in [0.1, 0.15) is 17.4 Å². The number of aryl methyl sites for hydroxylation is 1. The number of ketones is 1. The lowest BCUT2D eigenvalue weighted by molar-refractivity contribution is -0.132. The van der Waals surface area contributed by atoms with Crippen LogP contribution in [0.4, 0.5) is 14.5 Å². The van der Waals surface area contributed by atoms with Crippen molar-refractivity contribution >= 4 is 23.1 Å². The van der Waals surface area contributed by atoms with Crippen molar-refractivity contribution in [2.75, 3.05) is 4.90 Å². The molecule has 1 aliphatic heterocycles. The van der Waals surface area contributed by atoms with Gasteiger partial charge < -0.3 is 5.11 Å². The van der Waals surface area contributed by atoms with Gasteiger partial charge in [0.05, 0.1) is 11.6 Å². The van der Waals surface area contributed by atoms with Crippen LogP contribution in [0.5, 0.6) is 0 Å². The lowest BCUT2D eigenvalue weighted by Gasteiger charge is -2.25. The summed E-state index contributed by atoms with van der Waals surface area (Å²) in [6, 6.07) is 16.6. The van der Waals surface area contributed by atoms with Crippen molar-refractivity contribution in [2.24, 2.45) is 0 Å². The van der Waals surface area contributed by atoms with Gasteiger partial charge in [-0.25, -0.2) is 8.78 Å². The number of halogens is 2. The van der Waals surface area contributed by atoms with E-state index in [9.17, 15) is 23.5 Å². The molecule has 3 aromatic rings. The third kappa shape index (κ3) is 3.72. The quantitative estimate of drug-likeness (QED) is 0.361.